The third-order valence-electron chi connectivity index (χ3n) is 7.67. The molecule has 4 heterocycles. The van der Waals surface area contributed by atoms with Crippen LogP contribution in [0.3, 0.4) is 0 Å². The molecule has 6 rings (SSSR count). The average Bonchev–Trinajstić information content (AvgIpc) is 3.72. The average molecular weight is 849 g/mol. The Morgan fingerprint density at radius 1 is 0.585 bits per heavy atom. The molecule has 16 nitrogen and oxygen atoms in total. The van der Waals surface area contributed by atoms with E-state index in [0.29, 0.717) is 43.9 Å². The molecule has 0 radical (unpaired) electrons. The number of ether oxygens (including phenoxy) is 4. The van der Waals surface area contributed by atoms with Gasteiger partial charge in [-0.05, 0) is 74.0 Å². The number of pyridine rings is 2. The van der Waals surface area contributed by atoms with E-state index in [2.05, 4.69) is 29.9 Å². The van der Waals surface area contributed by atoms with Gasteiger partial charge in [0.15, 0.2) is 0 Å². The molecule has 19 heteroatoms. The van der Waals surface area contributed by atoms with E-state index < -0.39 is 21.6 Å². The summed E-state index contributed by atoms with van der Waals surface area (Å²) in [5.74, 6) is 3.43. The monoisotopic (exact) mass is 848 g/mol. The molecule has 0 saturated heterocycles. The number of benzene rings is 2. The van der Waals surface area contributed by atoms with Crippen molar-refractivity contribution in [2.45, 2.75) is 49.5 Å². The molecular weight excluding hydrogens is 804 g/mol. The number of hydrogen-bond acceptors (Lipinski definition) is 10. The van der Waals surface area contributed by atoms with Crippen LogP contribution in [0.4, 0.5) is 0 Å². The van der Waals surface area contributed by atoms with Gasteiger partial charge in [0.2, 0.25) is 0 Å². The first kappa shape index (κ1) is 49.5. The van der Waals surface area contributed by atoms with Crippen molar-refractivity contribution < 1.29 is 49.3 Å². The van der Waals surface area contributed by atoms with Gasteiger partial charge in [-0.2, -0.15) is 0 Å². The van der Waals surface area contributed by atoms with Gasteiger partial charge in [-0.25, -0.2) is 0 Å². The van der Waals surface area contributed by atoms with Crippen LogP contribution >= 0.6 is 0 Å². The van der Waals surface area contributed by atoms with E-state index in [0.717, 1.165) is 45.1 Å². The van der Waals surface area contributed by atoms with Crippen LogP contribution in [0.15, 0.2) is 59.1 Å². The number of hydrogen-bond donors (Lipinski definition) is 0. The summed E-state index contributed by atoms with van der Waals surface area (Å²) in [6.45, 7) is 7.69. The van der Waals surface area contributed by atoms with Crippen molar-refractivity contribution in [2.75, 3.05) is 28.4 Å². The fourth-order valence-electron chi connectivity index (χ4n) is 5.11. The summed E-state index contributed by atoms with van der Waals surface area (Å²) in [5, 5.41) is 0.609. The summed E-state index contributed by atoms with van der Waals surface area (Å²) in [4.78, 5) is 26.2. The number of aromatic nitrogens is 6. The van der Waals surface area contributed by atoms with Gasteiger partial charge in [0.1, 0.15) is 23.0 Å². The zero-order valence-electron chi connectivity index (χ0n) is 30.7. The number of methoxy groups -OCH3 is 4. The standard InChI is InChI=1S/2C17H18N3O3S.4H2O.Sr/c2*1-10-8-18-15(11(2)16(10)23-4)9-24(21)17-19-13-6-5-12(22-3)7-14(13)20-17;;;;;/h2*5-8H,9H2,1-4H3;4*1H2;/q2*-1;;;;;+2/t2*24-;;;;;/m11...../s1. The molecule has 0 aliphatic rings. The summed E-state index contributed by atoms with van der Waals surface area (Å²) < 4.78 is 46.4. The van der Waals surface area contributed by atoms with Gasteiger partial charge in [-0.1, -0.05) is 12.1 Å². The van der Waals surface area contributed by atoms with Gasteiger partial charge < -0.3 is 60.8 Å². The molecular formula is C34H44N6O10S2Sr. The summed E-state index contributed by atoms with van der Waals surface area (Å²) in [6.07, 6.45) is 3.46. The molecule has 0 fully saturated rings. The molecule has 0 aliphatic heterocycles. The van der Waals surface area contributed by atoms with Crippen molar-refractivity contribution in [1.82, 2.24) is 29.9 Å². The van der Waals surface area contributed by atoms with Crippen molar-refractivity contribution in [1.29, 1.82) is 0 Å². The van der Waals surface area contributed by atoms with Crippen LogP contribution in [0.1, 0.15) is 33.6 Å². The van der Waals surface area contributed by atoms with Crippen molar-refractivity contribution in [3.8, 4) is 23.0 Å². The molecule has 6 aromatic rings. The number of fused-ring (bicyclic) bond motifs is 2. The van der Waals surface area contributed by atoms with Crippen molar-refractivity contribution in [3.63, 3.8) is 0 Å². The van der Waals surface area contributed by atoms with Gasteiger partial charge in [-0.3, -0.25) is 18.4 Å². The first-order valence-corrected chi connectivity index (χ1v) is 17.4. The van der Waals surface area contributed by atoms with Crippen LogP contribution < -0.4 is 28.9 Å². The minimum atomic E-state index is -1.38. The van der Waals surface area contributed by atoms with E-state index in [1.54, 1.807) is 77.2 Å². The fraction of sp³-hybridized carbons (Fsp3) is 0.294. The molecule has 0 bridgehead atoms. The van der Waals surface area contributed by atoms with E-state index >= 15 is 0 Å². The SMILES string of the molecule is COc1ccc2[n-]c([S@](=O)Cc3ncc(C)c(OC)c3C)nc2c1.COc1ccc2[n-]c([S@](=O)Cc3ncc(C)c(OC)c3C)nc2c1.O.O.O.O.[Sr+2]. The molecule has 2 aromatic carbocycles. The van der Waals surface area contributed by atoms with Crippen molar-refractivity contribution in [2.24, 2.45) is 0 Å². The van der Waals surface area contributed by atoms with Gasteiger partial charge in [0.05, 0.1) is 72.9 Å². The van der Waals surface area contributed by atoms with Gasteiger partial charge in [0, 0.05) is 45.0 Å². The summed E-state index contributed by atoms with van der Waals surface area (Å²) >= 11 is 0. The Morgan fingerprint density at radius 3 is 1.26 bits per heavy atom. The molecule has 0 saturated carbocycles. The Hall–Kier alpha value is -3.50. The summed E-state index contributed by atoms with van der Waals surface area (Å²) in [7, 11) is 3.66. The summed E-state index contributed by atoms with van der Waals surface area (Å²) in [5.41, 5.74) is 7.87. The van der Waals surface area contributed by atoms with Gasteiger partial charge in [0.25, 0.3) is 0 Å². The topological polar surface area (TPSA) is 277 Å². The normalized spacial score (nSPS) is 11.2. The Balaban J connectivity index is 0.000000932. The Kier molecular flexibility index (Phi) is 20.6. The molecule has 0 aliphatic carbocycles. The first-order valence-electron chi connectivity index (χ1n) is 14.8. The zero-order chi connectivity index (χ0) is 34.5. The van der Waals surface area contributed by atoms with Crippen LogP contribution in [-0.4, -0.2) is 124 Å². The maximum atomic E-state index is 12.6. The Bertz CT molecular complexity index is 2010. The summed E-state index contributed by atoms with van der Waals surface area (Å²) in [6, 6.07) is 10.8. The van der Waals surface area contributed by atoms with Crippen LogP contribution in [0, 0.1) is 27.7 Å². The first-order chi connectivity index (χ1) is 23.1. The van der Waals surface area contributed by atoms with E-state index in [-0.39, 0.29) is 78.9 Å². The number of rotatable bonds is 10. The molecule has 284 valence electrons. The number of nitrogens with zero attached hydrogens (tertiary/aromatic N) is 6. The van der Waals surface area contributed by atoms with Crippen LogP contribution in [0.5, 0.6) is 23.0 Å². The molecule has 0 unspecified atom stereocenters. The predicted molar refractivity (Wildman–Crippen MR) is 204 cm³/mol. The van der Waals surface area contributed by atoms with Crippen molar-refractivity contribution in [3.05, 3.63) is 82.4 Å². The largest absolute Gasteiger partial charge is 2.00 e. The van der Waals surface area contributed by atoms with E-state index in [9.17, 15) is 8.42 Å². The molecule has 2 atom stereocenters. The second-order valence-corrected chi connectivity index (χ2v) is 13.5. The van der Waals surface area contributed by atoms with Crippen LogP contribution in [0.2, 0.25) is 0 Å². The number of imidazole rings is 2. The van der Waals surface area contributed by atoms with Crippen molar-refractivity contribution >= 4 is 89.1 Å². The van der Waals surface area contributed by atoms with E-state index in [1.807, 2.05) is 27.7 Å². The van der Waals surface area contributed by atoms with Crippen LogP contribution in [0.25, 0.3) is 22.1 Å². The predicted octanol–water partition coefficient (Wildman–Crippen LogP) is 1.38. The minimum absolute atomic E-state index is 0. The zero-order valence-corrected chi connectivity index (χ0v) is 35.8. The Morgan fingerprint density at radius 2 is 0.943 bits per heavy atom. The molecule has 0 spiro atoms. The molecule has 0 amide bonds. The van der Waals surface area contributed by atoms with Gasteiger partial charge in [-0.15, -0.1) is 0 Å². The Labute approximate surface area is 348 Å². The molecule has 53 heavy (non-hydrogen) atoms. The second-order valence-electron chi connectivity index (χ2n) is 10.8. The smallest absolute Gasteiger partial charge is 0.497 e. The maximum absolute atomic E-state index is 12.6. The van der Waals surface area contributed by atoms with E-state index in [1.165, 1.54) is 0 Å². The maximum Gasteiger partial charge on any atom is 2.00 e. The molecule has 4 aromatic heterocycles. The number of aryl methyl sites for hydroxylation is 2. The molecule has 8 N–H and O–H groups in total. The third-order valence-corrected chi connectivity index (χ3v) is 9.92. The minimum Gasteiger partial charge on any atom is -0.497 e. The van der Waals surface area contributed by atoms with Gasteiger partial charge >= 0.3 is 45.5 Å². The fourth-order valence-corrected chi connectivity index (χ4v) is 7.24. The van der Waals surface area contributed by atoms with E-state index in [4.69, 9.17) is 18.9 Å². The third kappa shape index (κ3) is 11.3. The quantitative estimate of drug-likeness (QED) is 0.177. The second kappa shape index (κ2) is 22.0. The van der Waals surface area contributed by atoms with Crippen LogP contribution in [-0.2, 0) is 33.1 Å².